The minimum atomic E-state index is -0.587. The highest BCUT2D eigenvalue weighted by Gasteiger charge is 2.12. The second-order valence-electron chi connectivity index (χ2n) is 8.54. The molecule has 0 saturated heterocycles. The van der Waals surface area contributed by atoms with Gasteiger partial charge in [-0.05, 0) is 66.4 Å². The van der Waals surface area contributed by atoms with Crippen molar-refractivity contribution in [3.05, 3.63) is 100 Å². The van der Waals surface area contributed by atoms with Gasteiger partial charge in [-0.2, -0.15) is 0 Å². The third kappa shape index (κ3) is 5.27. The number of ketones is 1. The summed E-state index contributed by atoms with van der Waals surface area (Å²) in [4.78, 5) is 16.2. The van der Waals surface area contributed by atoms with Gasteiger partial charge in [0.25, 0.3) is 0 Å². The number of nitrogens with one attached hydrogen (secondary N) is 2. The highest BCUT2D eigenvalue weighted by molar-refractivity contribution is 7.12. The predicted molar refractivity (Wildman–Crippen MR) is 140 cm³/mol. The van der Waals surface area contributed by atoms with Gasteiger partial charge in [-0.1, -0.05) is 24.3 Å². The molecule has 0 bridgehead atoms. The fraction of sp³-hybridized carbons (Fsp3) is 0.179. The first kappa shape index (κ1) is 23.2. The van der Waals surface area contributed by atoms with Gasteiger partial charge >= 0.3 is 0 Å². The van der Waals surface area contributed by atoms with Crippen LogP contribution >= 0.6 is 11.3 Å². The van der Waals surface area contributed by atoms with Gasteiger partial charge in [0.05, 0.1) is 11.0 Å². The van der Waals surface area contributed by atoms with Gasteiger partial charge in [0, 0.05) is 52.9 Å². The van der Waals surface area contributed by atoms with Crippen LogP contribution < -0.4 is 5.32 Å². The lowest BCUT2D eigenvalue weighted by Crippen LogP contribution is -2.31. The number of benzene rings is 2. The number of aromatic amines is 1. The van der Waals surface area contributed by atoms with E-state index in [0.29, 0.717) is 24.5 Å². The molecule has 0 saturated carbocycles. The number of aliphatic hydroxyl groups excluding tert-OH is 1. The molecule has 0 spiro atoms. The van der Waals surface area contributed by atoms with Crippen molar-refractivity contribution in [1.82, 2.24) is 14.9 Å². The van der Waals surface area contributed by atoms with Crippen LogP contribution in [0.25, 0.3) is 27.9 Å². The average Bonchev–Trinajstić information content (AvgIpc) is 3.60. The zero-order valence-corrected chi connectivity index (χ0v) is 19.9. The van der Waals surface area contributed by atoms with Crippen molar-refractivity contribution < 1.29 is 14.3 Å². The van der Waals surface area contributed by atoms with E-state index in [2.05, 4.69) is 10.3 Å². The fourth-order valence-electron chi connectivity index (χ4n) is 4.37. The van der Waals surface area contributed by atoms with Crippen LogP contribution in [0, 0.1) is 5.82 Å². The van der Waals surface area contributed by atoms with E-state index < -0.39 is 6.10 Å². The second-order valence-corrected chi connectivity index (χ2v) is 9.49. The smallest absolute Gasteiger partial charge is 0.195 e. The summed E-state index contributed by atoms with van der Waals surface area (Å²) >= 11 is 1.43. The maximum Gasteiger partial charge on any atom is 0.195 e. The molecular weight excluding hydrogens is 461 g/mol. The van der Waals surface area contributed by atoms with Gasteiger partial charge in [-0.3, -0.25) is 4.79 Å². The predicted octanol–water partition coefficient (Wildman–Crippen LogP) is 5.41. The molecule has 3 aromatic heterocycles. The van der Waals surface area contributed by atoms with Crippen LogP contribution in [-0.4, -0.2) is 39.6 Å². The number of thiophene rings is 1. The lowest BCUT2D eigenvalue weighted by Gasteiger charge is -2.13. The fourth-order valence-corrected chi connectivity index (χ4v) is 5.01. The summed E-state index contributed by atoms with van der Waals surface area (Å²) in [5.41, 5.74) is 3.92. The second kappa shape index (κ2) is 10.4. The van der Waals surface area contributed by atoms with Crippen molar-refractivity contribution in [2.75, 3.05) is 13.1 Å². The molecule has 3 N–H and O–H groups in total. The van der Waals surface area contributed by atoms with Gasteiger partial charge in [-0.25, -0.2) is 4.39 Å². The van der Waals surface area contributed by atoms with Crippen LogP contribution in [-0.2, 0) is 13.0 Å². The Kier molecular flexibility index (Phi) is 6.90. The maximum absolute atomic E-state index is 13.6. The number of aliphatic hydroxyl groups is 1. The molecule has 0 fully saturated rings. The molecular formula is C28H26FN3O2S. The Balaban J connectivity index is 1.20. The van der Waals surface area contributed by atoms with E-state index >= 15 is 0 Å². The van der Waals surface area contributed by atoms with E-state index in [0.717, 1.165) is 39.4 Å². The van der Waals surface area contributed by atoms with Crippen LogP contribution in [0.4, 0.5) is 4.39 Å². The number of H-pyrrole nitrogens is 1. The topological polar surface area (TPSA) is 70.1 Å². The molecule has 178 valence electrons. The van der Waals surface area contributed by atoms with E-state index in [4.69, 9.17) is 0 Å². The molecule has 3 heterocycles. The van der Waals surface area contributed by atoms with E-state index in [1.807, 2.05) is 64.8 Å². The number of carbonyl (C=O) groups excluding carboxylic acids is 1. The molecule has 0 aliphatic rings. The standard InChI is InChI=1S/C28H26FN3O2S/c29-21-8-9-25-24(14-21)19(15-31-25)11-12-30-16-22(33)18-32-17-20(23-4-1-2-5-26(23)32)7-10-27(34)28-6-3-13-35-28/h1-10,13-15,17,22,30-31,33H,11-12,16,18H2. The lowest BCUT2D eigenvalue weighted by molar-refractivity contribution is 0.105. The number of hydrogen-bond donors (Lipinski definition) is 3. The largest absolute Gasteiger partial charge is 0.390 e. The summed E-state index contributed by atoms with van der Waals surface area (Å²) < 4.78 is 15.6. The van der Waals surface area contributed by atoms with E-state index in [1.54, 1.807) is 18.2 Å². The number of allylic oxidation sites excluding steroid dienone is 1. The zero-order chi connectivity index (χ0) is 24.2. The summed E-state index contributed by atoms with van der Waals surface area (Å²) in [5.74, 6) is -0.259. The van der Waals surface area contributed by atoms with Crippen LogP contribution in [0.1, 0.15) is 20.8 Å². The van der Waals surface area contributed by atoms with Crippen LogP contribution in [0.15, 0.2) is 78.4 Å². The van der Waals surface area contributed by atoms with Gasteiger partial charge in [0.2, 0.25) is 0 Å². The Labute approximate surface area is 206 Å². The lowest BCUT2D eigenvalue weighted by atomic mass is 10.1. The molecule has 5 aromatic rings. The molecule has 7 heteroatoms. The van der Waals surface area contributed by atoms with Crippen molar-refractivity contribution >= 4 is 45.0 Å². The van der Waals surface area contributed by atoms with Gasteiger partial charge < -0.3 is 20.0 Å². The molecule has 5 nitrogen and oxygen atoms in total. The molecule has 5 rings (SSSR count). The first-order valence-corrected chi connectivity index (χ1v) is 12.4. The van der Waals surface area contributed by atoms with Crippen molar-refractivity contribution in [3.63, 3.8) is 0 Å². The Morgan fingerprint density at radius 2 is 2.06 bits per heavy atom. The van der Waals surface area contributed by atoms with Gasteiger partial charge in [-0.15, -0.1) is 11.3 Å². The van der Waals surface area contributed by atoms with Crippen molar-refractivity contribution in [2.45, 2.75) is 19.1 Å². The number of nitrogens with zero attached hydrogens (tertiary/aromatic N) is 1. The number of hydrogen-bond acceptors (Lipinski definition) is 4. The number of para-hydroxylation sites is 1. The Morgan fingerprint density at radius 1 is 1.17 bits per heavy atom. The van der Waals surface area contributed by atoms with Crippen molar-refractivity contribution in [2.24, 2.45) is 0 Å². The highest BCUT2D eigenvalue weighted by atomic mass is 32.1. The van der Waals surface area contributed by atoms with Crippen molar-refractivity contribution in [3.8, 4) is 0 Å². The minimum absolute atomic E-state index is 0.0148. The summed E-state index contributed by atoms with van der Waals surface area (Å²) in [6, 6.07) is 16.4. The molecule has 1 atom stereocenters. The number of halogens is 1. The normalized spacial score (nSPS) is 12.7. The molecule has 35 heavy (non-hydrogen) atoms. The molecule has 0 aliphatic carbocycles. The van der Waals surface area contributed by atoms with E-state index in [9.17, 15) is 14.3 Å². The van der Waals surface area contributed by atoms with E-state index in [1.165, 1.54) is 17.4 Å². The molecule has 0 aliphatic heterocycles. The van der Waals surface area contributed by atoms with Crippen LogP contribution in [0.3, 0.4) is 0 Å². The van der Waals surface area contributed by atoms with E-state index in [-0.39, 0.29) is 11.6 Å². The third-order valence-electron chi connectivity index (χ3n) is 6.09. The van der Waals surface area contributed by atoms with Crippen molar-refractivity contribution in [1.29, 1.82) is 0 Å². The molecule has 0 amide bonds. The summed E-state index contributed by atoms with van der Waals surface area (Å²) in [7, 11) is 0. The first-order chi connectivity index (χ1) is 17.1. The van der Waals surface area contributed by atoms with Gasteiger partial charge in [0.1, 0.15) is 5.82 Å². The summed E-state index contributed by atoms with van der Waals surface area (Å²) in [6.45, 7) is 1.54. The SMILES string of the molecule is O=C(C=Cc1cn(CC(O)CNCCc2c[nH]c3ccc(F)cc23)c2ccccc12)c1cccs1. The monoisotopic (exact) mass is 487 g/mol. The minimum Gasteiger partial charge on any atom is -0.390 e. The number of rotatable bonds is 10. The summed E-state index contributed by atoms with van der Waals surface area (Å²) in [5, 5.41) is 17.8. The molecule has 0 radical (unpaired) electrons. The number of fused-ring (bicyclic) bond motifs is 2. The quantitative estimate of drug-likeness (QED) is 0.140. The Morgan fingerprint density at radius 3 is 2.91 bits per heavy atom. The Hall–Kier alpha value is -3.52. The summed E-state index contributed by atoms with van der Waals surface area (Å²) in [6.07, 6.45) is 7.48. The van der Waals surface area contributed by atoms with Crippen LogP contribution in [0.2, 0.25) is 0 Å². The van der Waals surface area contributed by atoms with Gasteiger partial charge in [0.15, 0.2) is 5.78 Å². The molecule has 2 aromatic carbocycles. The highest BCUT2D eigenvalue weighted by Crippen LogP contribution is 2.24. The average molecular weight is 488 g/mol. The zero-order valence-electron chi connectivity index (χ0n) is 19.1. The first-order valence-electron chi connectivity index (χ1n) is 11.6. The number of aromatic nitrogens is 2. The van der Waals surface area contributed by atoms with Crippen LogP contribution in [0.5, 0.6) is 0 Å². The third-order valence-corrected chi connectivity index (χ3v) is 6.97. The number of carbonyl (C=O) groups is 1. The molecule has 1 unspecified atom stereocenters. The Bertz CT molecular complexity index is 1480. The maximum atomic E-state index is 13.6.